The van der Waals surface area contributed by atoms with E-state index < -0.39 is 5.60 Å². The molecule has 1 aliphatic rings. The van der Waals surface area contributed by atoms with Crippen LogP contribution in [0.25, 0.3) is 0 Å². The highest BCUT2D eigenvalue weighted by Crippen LogP contribution is 2.20. The molecule has 0 N–H and O–H groups in total. The minimum Gasteiger partial charge on any atom is -0.444 e. The Morgan fingerprint density at radius 3 is 2.78 bits per heavy atom. The van der Waals surface area contributed by atoms with Gasteiger partial charge in [0, 0.05) is 26.2 Å². The lowest BCUT2D eigenvalue weighted by Gasteiger charge is -2.25. The quantitative estimate of drug-likeness (QED) is 0.843. The number of halogens is 1. The van der Waals surface area contributed by atoms with Gasteiger partial charge in [0.1, 0.15) is 5.60 Å². The fourth-order valence-corrected chi connectivity index (χ4v) is 2.78. The molecule has 0 bridgehead atoms. The Morgan fingerprint density at radius 1 is 1.43 bits per heavy atom. The molecule has 0 radical (unpaired) electrons. The molecular formula is C16H25ClN4O2. The van der Waals surface area contributed by atoms with E-state index in [1.54, 1.807) is 11.0 Å². The van der Waals surface area contributed by atoms with E-state index in [0.717, 1.165) is 31.7 Å². The summed E-state index contributed by atoms with van der Waals surface area (Å²) in [7, 11) is 2.05. The van der Waals surface area contributed by atoms with Gasteiger partial charge in [-0.1, -0.05) is 11.6 Å². The van der Waals surface area contributed by atoms with Gasteiger partial charge in [-0.05, 0) is 52.3 Å². The number of rotatable bonds is 4. The van der Waals surface area contributed by atoms with E-state index in [-0.39, 0.29) is 6.09 Å². The van der Waals surface area contributed by atoms with E-state index in [0.29, 0.717) is 17.6 Å². The second-order valence-corrected chi connectivity index (χ2v) is 7.51. The highest BCUT2D eigenvalue weighted by Gasteiger charge is 2.30. The molecule has 0 unspecified atom stereocenters. The SMILES string of the molecule is CN(Cc1ccc(Cl)nn1)C[C@H]1CCN(C(=O)OC(C)(C)C)C1. The molecule has 1 saturated heterocycles. The van der Waals surface area contributed by atoms with Crippen molar-refractivity contribution in [3.63, 3.8) is 0 Å². The van der Waals surface area contributed by atoms with Crippen molar-refractivity contribution in [2.24, 2.45) is 5.92 Å². The van der Waals surface area contributed by atoms with E-state index in [2.05, 4.69) is 15.1 Å². The summed E-state index contributed by atoms with van der Waals surface area (Å²) in [5.41, 5.74) is 0.443. The lowest BCUT2D eigenvalue weighted by Crippen LogP contribution is -2.36. The lowest BCUT2D eigenvalue weighted by atomic mass is 10.1. The molecule has 1 fully saturated rings. The molecule has 2 rings (SSSR count). The van der Waals surface area contributed by atoms with Crippen LogP contribution in [0.3, 0.4) is 0 Å². The second-order valence-electron chi connectivity index (χ2n) is 7.13. The van der Waals surface area contributed by atoms with Crippen molar-refractivity contribution in [2.75, 3.05) is 26.7 Å². The maximum Gasteiger partial charge on any atom is 0.410 e. The van der Waals surface area contributed by atoms with Crippen molar-refractivity contribution in [2.45, 2.75) is 39.3 Å². The van der Waals surface area contributed by atoms with Crippen LogP contribution in [0, 0.1) is 5.92 Å². The smallest absolute Gasteiger partial charge is 0.410 e. The van der Waals surface area contributed by atoms with Crippen molar-refractivity contribution in [3.05, 3.63) is 23.0 Å². The molecule has 1 aromatic rings. The number of carbonyl (C=O) groups excluding carboxylic acids is 1. The third-order valence-electron chi connectivity index (χ3n) is 3.63. The number of aromatic nitrogens is 2. The Morgan fingerprint density at radius 2 is 2.17 bits per heavy atom. The van der Waals surface area contributed by atoms with E-state index in [1.165, 1.54) is 0 Å². The summed E-state index contributed by atoms with van der Waals surface area (Å²) >= 11 is 5.74. The van der Waals surface area contributed by atoms with Crippen LogP contribution in [-0.2, 0) is 11.3 Å². The van der Waals surface area contributed by atoms with Crippen molar-refractivity contribution in [1.82, 2.24) is 20.0 Å². The molecule has 1 amide bonds. The van der Waals surface area contributed by atoms with Crippen LogP contribution >= 0.6 is 11.6 Å². The molecule has 1 atom stereocenters. The van der Waals surface area contributed by atoms with Crippen LogP contribution in [-0.4, -0.2) is 58.4 Å². The molecule has 0 aromatic carbocycles. The predicted molar refractivity (Wildman–Crippen MR) is 89.3 cm³/mol. The van der Waals surface area contributed by atoms with Gasteiger partial charge in [-0.2, -0.15) is 5.10 Å². The third-order valence-corrected chi connectivity index (χ3v) is 3.83. The number of ether oxygens (including phenoxy) is 1. The second kappa shape index (κ2) is 7.45. The minimum atomic E-state index is -0.445. The van der Waals surface area contributed by atoms with Crippen LogP contribution in [0.5, 0.6) is 0 Å². The zero-order valence-electron chi connectivity index (χ0n) is 14.3. The fraction of sp³-hybridized carbons (Fsp3) is 0.688. The van der Waals surface area contributed by atoms with Crippen LogP contribution in [0.4, 0.5) is 4.79 Å². The van der Waals surface area contributed by atoms with Crippen LogP contribution in [0.15, 0.2) is 12.1 Å². The van der Waals surface area contributed by atoms with Gasteiger partial charge in [0.2, 0.25) is 0 Å². The molecule has 7 heteroatoms. The van der Waals surface area contributed by atoms with Gasteiger partial charge in [-0.25, -0.2) is 4.79 Å². The summed E-state index contributed by atoms with van der Waals surface area (Å²) in [4.78, 5) is 16.1. The number of carbonyl (C=O) groups is 1. The maximum atomic E-state index is 12.1. The number of hydrogen-bond donors (Lipinski definition) is 0. The average Bonchev–Trinajstić information content (AvgIpc) is 2.88. The minimum absolute atomic E-state index is 0.216. The van der Waals surface area contributed by atoms with Crippen molar-refractivity contribution in [1.29, 1.82) is 0 Å². The van der Waals surface area contributed by atoms with Crippen molar-refractivity contribution < 1.29 is 9.53 Å². The van der Waals surface area contributed by atoms with E-state index >= 15 is 0 Å². The van der Waals surface area contributed by atoms with E-state index in [4.69, 9.17) is 16.3 Å². The maximum absolute atomic E-state index is 12.1. The Hall–Kier alpha value is -1.40. The first-order chi connectivity index (χ1) is 10.7. The lowest BCUT2D eigenvalue weighted by molar-refractivity contribution is 0.0285. The molecule has 0 spiro atoms. The first kappa shape index (κ1) is 17.9. The zero-order chi connectivity index (χ0) is 17.0. The summed E-state index contributed by atoms with van der Waals surface area (Å²) < 4.78 is 5.42. The van der Waals surface area contributed by atoms with Gasteiger partial charge in [0.25, 0.3) is 0 Å². The number of hydrogen-bond acceptors (Lipinski definition) is 5. The predicted octanol–water partition coefficient (Wildman–Crippen LogP) is 2.82. The number of amides is 1. The van der Waals surface area contributed by atoms with Crippen LogP contribution < -0.4 is 0 Å². The number of likely N-dealkylation sites (tertiary alicyclic amines) is 1. The largest absolute Gasteiger partial charge is 0.444 e. The monoisotopic (exact) mass is 340 g/mol. The molecule has 128 valence electrons. The summed E-state index contributed by atoms with van der Waals surface area (Å²) in [6.45, 7) is 8.79. The first-order valence-electron chi connectivity index (χ1n) is 7.87. The van der Waals surface area contributed by atoms with Gasteiger partial charge in [0.05, 0.1) is 5.69 Å². The molecule has 6 nitrogen and oxygen atoms in total. The van der Waals surface area contributed by atoms with Crippen LogP contribution in [0.2, 0.25) is 5.15 Å². The van der Waals surface area contributed by atoms with E-state index in [1.807, 2.05) is 33.9 Å². The molecule has 23 heavy (non-hydrogen) atoms. The zero-order valence-corrected chi connectivity index (χ0v) is 15.0. The summed E-state index contributed by atoms with van der Waals surface area (Å²) in [5, 5.41) is 8.32. The molecule has 1 aliphatic heterocycles. The topological polar surface area (TPSA) is 58.6 Å². The Bertz CT molecular complexity index is 530. The highest BCUT2D eigenvalue weighted by molar-refractivity contribution is 6.29. The Labute approximate surface area is 142 Å². The fourth-order valence-electron chi connectivity index (χ4n) is 2.68. The van der Waals surface area contributed by atoms with Gasteiger partial charge >= 0.3 is 6.09 Å². The van der Waals surface area contributed by atoms with Gasteiger partial charge in [0.15, 0.2) is 5.15 Å². The van der Waals surface area contributed by atoms with Gasteiger partial charge < -0.3 is 14.5 Å². The average molecular weight is 341 g/mol. The summed E-state index contributed by atoms with van der Waals surface area (Å²) in [5.74, 6) is 0.452. The first-order valence-corrected chi connectivity index (χ1v) is 8.25. The van der Waals surface area contributed by atoms with Crippen molar-refractivity contribution in [3.8, 4) is 0 Å². The van der Waals surface area contributed by atoms with Gasteiger partial charge in [-0.3, -0.25) is 0 Å². The highest BCUT2D eigenvalue weighted by atomic mass is 35.5. The summed E-state index contributed by atoms with van der Waals surface area (Å²) in [6.07, 6.45) is 0.779. The Balaban J connectivity index is 1.78. The van der Waals surface area contributed by atoms with Crippen molar-refractivity contribution >= 4 is 17.7 Å². The number of nitrogens with zero attached hydrogens (tertiary/aromatic N) is 4. The summed E-state index contributed by atoms with van der Waals surface area (Å²) in [6, 6.07) is 3.63. The standard InChI is InChI=1S/C16H25ClN4O2/c1-16(2,3)23-15(22)21-8-7-12(10-21)9-20(4)11-13-5-6-14(17)19-18-13/h5-6,12H,7-11H2,1-4H3/t12-/m1/s1. The van der Waals surface area contributed by atoms with Crippen LogP contribution in [0.1, 0.15) is 32.9 Å². The molecule has 1 aromatic heterocycles. The van der Waals surface area contributed by atoms with Gasteiger partial charge in [-0.15, -0.1) is 5.10 Å². The third kappa shape index (κ3) is 5.95. The molecular weight excluding hydrogens is 316 g/mol. The Kier molecular flexibility index (Phi) is 5.81. The molecule has 0 saturated carbocycles. The molecule has 2 heterocycles. The van der Waals surface area contributed by atoms with E-state index in [9.17, 15) is 4.79 Å². The normalized spacial score (nSPS) is 18.5. The molecule has 0 aliphatic carbocycles.